The summed E-state index contributed by atoms with van der Waals surface area (Å²) in [5, 5.41) is 7.23. The zero-order valence-corrected chi connectivity index (χ0v) is 9.18. The maximum atomic E-state index is 10.4. The van der Waals surface area contributed by atoms with Crippen molar-refractivity contribution in [1.29, 1.82) is 0 Å². The predicted molar refractivity (Wildman–Crippen MR) is 60.3 cm³/mol. The third-order valence-corrected chi connectivity index (χ3v) is 2.51. The Morgan fingerprint density at radius 2 is 2.38 bits per heavy atom. The predicted octanol–water partition coefficient (Wildman–Crippen LogP) is -0.878. The fourth-order valence-electron chi connectivity index (χ4n) is 1.49. The fraction of sp³-hybridized carbons (Fsp3) is 0.667. The third kappa shape index (κ3) is 2.37. The number of guanidine groups is 1. The van der Waals surface area contributed by atoms with Crippen molar-refractivity contribution in [1.82, 2.24) is 15.6 Å². The highest BCUT2D eigenvalue weighted by molar-refractivity contribution is 6.00. The quantitative estimate of drug-likeness (QED) is 0.427. The van der Waals surface area contributed by atoms with Gasteiger partial charge in [0, 0.05) is 12.5 Å². The first kappa shape index (κ1) is 11.0. The molecule has 88 valence electrons. The molecule has 2 aliphatic rings. The van der Waals surface area contributed by atoms with Crippen LogP contribution in [0.2, 0.25) is 0 Å². The van der Waals surface area contributed by atoms with Crippen molar-refractivity contribution in [2.75, 3.05) is 0 Å². The summed E-state index contributed by atoms with van der Waals surface area (Å²) in [5.74, 6) is 6.90. The number of nitrogens with zero attached hydrogens (tertiary/aromatic N) is 3. The van der Waals surface area contributed by atoms with E-state index >= 15 is 0 Å². The minimum absolute atomic E-state index is 0.312. The SMILES string of the molecule is CCC1=NC(NC=O)=NC(NC2CC2)N1N. The first-order chi connectivity index (χ1) is 7.74. The summed E-state index contributed by atoms with van der Waals surface area (Å²) in [6.45, 7) is 1.96. The molecule has 2 rings (SSSR count). The van der Waals surface area contributed by atoms with Crippen LogP contribution in [0.5, 0.6) is 0 Å². The van der Waals surface area contributed by atoms with Crippen LogP contribution in [0.3, 0.4) is 0 Å². The van der Waals surface area contributed by atoms with Crippen LogP contribution in [0.25, 0.3) is 0 Å². The molecule has 1 aliphatic carbocycles. The number of aliphatic imine (C=N–C) groups is 2. The average Bonchev–Trinajstić information content (AvgIpc) is 3.07. The first-order valence-electron chi connectivity index (χ1n) is 5.40. The van der Waals surface area contributed by atoms with Crippen molar-refractivity contribution in [3.05, 3.63) is 0 Å². The number of amidine groups is 1. The average molecular weight is 224 g/mol. The smallest absolute Gasteiger partial charge is 0.229 e. The summed E-state index contributed by atoms with van der Waals surface area (Å²) in [5.41, 5.74) is 0. The van der Waals surface area contributed by atoms with Gasteiger partial charge in [-0.25, -0.2) is 10.8 Å². The van der Waals surface area contributed by atoms with E-state index in [1.54, 1.807) is 0 Å². The molecule has 7 heteroatoms. The van der Waals surface area contributed by atoms with Crippen LogP contribution < -0.4 is 16.5 Å². The molecular formula is C9H16N6O. The van der Waals surface area contributed by atoms with E-state index in [4.69, 9.17) is 5.84 Å². The summed E-state index contributed by atoms with van der Waals surface area (Å²) >= 11 is 0. The lowest BCUT2D eigenvalue weighted by Crippen LogP contribution is -2.55. The van der Waals surface area contributed by atoms with Crippen LogP contribution in [0.4, 0.5) is 0 Å². The number of nitrogens with two attached hydrogens (primary N) is 1. The van der Waals surface area contributed by atoms with Crippen molar-refractivity contribution in [2.45, 2.75) is 38.5 Å². The monoisotopic (exact) mass is 224 g/mol. The molecule has 1 atom stereocenters. The number of amides is 1. The van der Waals surface area contributed by atoms with Gasteiger partial charge in [-0.2, -0.15) is 4.99 Å². The zero-order chi connectivity index (χ0) is 11.5. The highest BCUT2D eigenvalue weighted by atomic mass is 16.1. The van der Waals surface area contributed by atoms with Gasteiger partial charge in [0.25, 0.3) is 0 Å². The second kappa shape index (κ2) is 4.58. The molecule has 1 amide bonds. The fourth-order valence-corrected chi connectivity index (χ4v) is 1.49. The van der Waals surface area contributed by atoms with E-state index in [0.29, 0.717) is 30.7 Å². The van der Waals surface area contributed by atoms with Gasteiger partial charge in [0.15, 0.2) is 6.29 Å². The number of hydrazine groups is 1. The van der Waals surface area contributed by atoms with Gasteiger partial charge in [-0.05, 0) is 12.8 Å². The van der Waals surface area contributed by atoms with Crippen molar-refractivity contribution in [3.8, 4) is 0 Å². The molecule has 0 bridgehead atoms. The number of rotatable bonds is 4. The minimum Gasteiger partial charge on any atom is -0.297 e. The summed E-state index contributed by atoms with van der Waals surface area (Å²) in [7, 11) is 0. The van der Waals surface area contributed by atoms with E-state index in [2.05, 4.69) is 20.6 Å². The topological polar surface area (TPSA) is 95.1 Å². The molecule has 4 N–H and O–H groups in total. The van der Waals surface area contributed by atoms with Crippen molar-refractivity contribution in [3.63, 3.8) is 0 Å². The van der Waals surface area contributed by atoms with Gasteiger partial charge in [0.05, 0.1) is 0 Å². The molecule has 1 saturated carbocycles. The van der Waals surface area contributed by atoms with E-state index < -0.39 is 0 Å². The number of nitrogens with one attached hydrogen (secondary N) is 2. The second-order valence-electron chi connectivity index (χ2n) is 3.82. The highest BCUT2D eigenvalue weighted by Gasteiger charge is 2.30. The Morgan fingerprint density at radius 3 is 2.94 bits per heavy atom. The van der Waals surface area contributed by atoms with Gasteiger partial charge in [-0.15, -0.1) is 0 Å². The summed E-state index contributed by atoms with van der Waals surface area (Å²) in [6, 6.07) is 0.480. The van der Waals surface area contributed by atoms with E-state index in [9.17, 15) is 4.79 Å². The van der Waals surface area contributed by atoms with Gasteiger partial charge < -0.3 is 0 Å². The zero-order valence-electron chi connectivity index (χ0n) is 9.18. The lowest BCUT2D eigenvalue weighted by atomic mass is 10.4. The highest BCUT2D eigenvalue weighted by Crippen LogP contribution is 2.20. The maximum absolute atomic E-state index is 10.4. The molecule has 0 aromatic rings. The molecule has 1 unspecified atom stereocenters. The molecule has 1 aliphatic heterocycles. The van der Waals surface area contributed by atoms with Crippen LogP contribution in [0.15, 0.2) is 9.98 Å². The van der Waals surface area contributed by atoms with Crippen LogP contribution in [0.1, 0.15) is 26.2 Å². The van der Waals surface area contributed by atoms with E-state index in [1.807, 2.05) is 6.92 Å². The normalized spacial score (nSPS) is 24.9. The molecule has 0 spiro atoms. The van der Waals surface area contributed by atoms with Gasteiger partial charge >= 0.3 is 0 Å². The molecular weight excluding hydrogens is 208 g/mol. The molecule has 0 aromatic heterocycles. The standard InChI is InChI=1S/C9H16N6O/c1-2-7-13-8(11-5-16)14-9(15(7)10)12-6-3-4-6/h5-6,9,12H,2-4,10H2,1H3,(H,11,14,16). The summed E-state index contributed by atoms with van der Waals surface area (Å²) in [4.78, 5) is 18.7. The molecule has 1 heterocycles. The number of hydrogen-bond donors (Lipinski definition) is 3. The van der Waals surface area contributed by atoms with Crippen molar-refractivity contribution >= 4 is 18.2 Å². The van der Waals surface area contributed by atoms with Gasteiger partial charge in [0.2, 0.25) is 12.4 Å². The largest absolute Gasteiger partial charge is 0.297 e. The molecule has 1 fully saturated rings. The molecule has 0 aromatic carbocycles. The molecule has 0 saturated heterocycles. The second-order valence-corrected chi connectivity index (χ2v) is 3.82. The summed E-state index contributed by atoms with van der Waals surface area (Å²) in [6.07, 6.45) is 3.22. The van der Waals surface area contributed by atoms with Crippen LogP contribution >= 0.6 is 0 Å². The van der Waals surface area contributed by atoms with Gasteiger partial charge in [-0.3, -0.25) is 20.4 Å². The Bertz CT molecular complexity index is 335. The Morgan fingerprint density at radius 1 is 1.62 bits per heavy atom. The van der Waals surface area contributed by atoms with Gasteiger partial charge in [-0.1, -0.05) is 6.92 Å². The summed E-state index contributed by atoms with van der Waals surface area (Å²) < 4.78 is 0. The molecule has 0 radical (unpaired) electrons. The number of carbonyl (C=O) groups excluding carboxylic acids is 1. The lowest BCUT2D eigenvalue weighted by Gasteiger charge is -2.30. The van der Waals surface area contributed by atoms with E-state index in [1.165, 1.54) is 5.01 Å². The lowest BCUT2D eigenvalue weighted by molar-refractivity contribution is -0.108. The van der Waals surface area contributed by atoms with Gasteiger partial charge in [0.1, 0.15) is 5.84 Å². The van der Waals surface area contributed by atoms with Crippen LogP contribution in [0, 0.1) is 0 Å². The Balaban J connectivity index is 2.10. The molecule has 16 heavy (non-hydrogen) atoms. The van der Waals surface area contributed by atoms with Crippen molar-refractivity contribution in [2.24, 2.45) is 15.8 Å². The Labute approximate surface area is 93.8 Å². The Hall–Kier alpha value is -1.47. The maximum Gasteiger partial charge on any atom is 0.229 e. The third-order valence-electron chi connectivity index (χ3n) is 2.51. The minimum atomic E-state index is -0.331. The van der Waals surface area contributed by atoms with Crippen molar-refractivity contribution < 1.29 is 4.79 Å². The van der Waals surface area contributed by atoms with Crippen LogP contribution in [-0.4, -0.2) is 35.5 Å². The van der Waals surface area contributed by atoms with Crippen LogP contribution in [-0.2, 0) is 4.79 Å². The Kier molecular flexibility index (Phi) is 3.16. The first-order valence-corrected chi connectivity index (χ1v) is 5.40. The molecule has 7 nitrogen and oxygen atoms in total. The number of carbonyl (C=O) groups is 1. The van der Waals surface area contributed by atoms with E-state index in [0.717, 1.165) is 12.8 Å². The van der Waals surface area contributed by atoms with E-state index in [-0.39, 0.29) is 6.29 Å². The number of hydrogen-bond acceptors (Lipinski definition) is 6.